The first-order valence-corrected chi connectivity index (χ1v) is 8.34. The van der Waals surface area contributed by atoms with Crippen LogP contribution in [-0.4, -0.2) is 18.0 Å². The fourth-order valence-corrected chi connectivity index (χ4v) is 2.27. The smallest absolute Gasteiger partial charge is 0.240 e. The van der Waals surface area contributed by atoms with Gasteiger partial charge in [-0.1, -0.05) is 41.4 Å². The highest BCUT2D eigenvalue weighted by Crippen LogP contribution is 2.23. The molecule has 5 nitrogen and oxygen atoms in total. The molecule has 2 amide bonds. The molecule has 25 heavy (non-hydrogen) atoms. The molecule has 2 aromatic rings. The number of hydrogen-bond donors (Lipinski definition) is 2. The van der Waals surface area contributed by atoms with E-state index in [4.69, 9.17) is 23.2 Å². The molecule has 0 aromatic heterocycles. The molecule has 0 fully saturated rings. The molecule has 0 aliphatic heterocycles. The van der Waals surface area contributed by atoms with Crippen molar-refractivity contribution in [3.63, 3.8) is 0 Å². The van der Waals surface area contributed by atoms with Crippen LogP contribution in [0.4, 0.5) is 5.69 Å². The molecule has 0 heterocycles. The Morgan fingerprint density at radius 2 is 1.72 bits per heavy atom. The van der Waals surface area contributed by atoms with E-state index in [0.717, 1.165) is 11.1 Å². The standard InChI is InChI=1S/C18H17Cl2N3O2/c1-12-15(20)3-2-4-16(12)22-17(24)9-10-18(25)23-21-11-13-5-7-14(19)8-6-13/h2-8,11H,9-10H2,1H3,(H,22,24)(H,23,25)/b21-11-. The zero-order chi connectivity index (χ0) is 18.2. The second-order valence-electron chi connectivity index (χ2n) is 5.31. The lowest BCUT2D eigenvalue weighted by atomic mass is 10.2. The Labute approximate surface area is 156 Å². The predicted molar refractivity (Wildman–Crippen MR) is 101 cm³/mol. The summed E-state index contributed by atoms with van der Waals surface area (Å²) in [7, 11) is 0. The fourth-order valence-electron chi connectivity index (χ4n) is 1.97. The summed E-state index contributed by atoms with van der Waals surface area (Å²) >= 11 is 11.8. The Morgan fingerprint density at radius 3 is 2.44 bits per heavy atom. The lowest BCUT2D eigenvalue weighted by Crippen LogP contribution is -2.20. The number of amides is 2. The van der Waals surface area contributed by atoms with Crippen LogP contribution in [0.25, 0.3) is 0 Å². The van der Waals surface area contributed by atoms with E-state index < -0.39 is 0 Å². The Bertz CT molecular complexity index is 789. The lowest BCUT2D eigenvalue weighted by Gasteiger charge is -2.09. The minimum atomic E-state index is -0.344. The van der Waals surface area contributed by atoms with Crippen LogP contribution < -0.4 is 10.7 Å². The number of hydrogen-bond acceptors (Lipinski definition) is 3. The van der Waals surface area contributed by atoms with E-state index in [9.17, 15) is 9.59 Å². The normalized spacial score (nSPS) is 10.7. The largest absolute Gasteiger partial charge is 0.326 e. The monoisotopic (exact) mass is 377 g/mol. The maximum atomic E-state index is 11.9. The highest BCUT2D eigenvalue weighted by molar-refractivity contribution is 6.31. The van der Waals surface area contributed by atoms with Gasteiger partial charge in [0, 0.05) is 28.6 Å². The van der Waals surface area contributed by atoms with Gasteiger partial charge >= 0.3 is 0 Å². The maximum Gasteiger partial charge on any atom is 0.240 e. The molecule has 2 aromatic carbocycles. The first-order chi connectivity index (χ1) is 12.0. The van der Waals surface area contributed by atoms with E-state index in [1.54, 1.807) is 42.5 Å². The number of nitrogens with one attached hydrogen (secondary N) is 2. The number of rotatable bonds is 6. The molecule has 0 aliphatic carbocycles. The SMILES string of the molecule is Cc1c(Cl)cccc1NC(=O)CCC(=O)N/N=C\c1ccc(Cl)cc1. The molecule has 2 N–H and O–H groups in total. The van der Waals surface area contributed by atoms with Gasteiger partial charge in [-0.05, 0) is 42.3 Å². The molecular formula is C18H17Cl2N3O2. The van der Waals surface area contributed by atoms with Gasteiger partial charge in [0.2, 0.25) is 11.8 Å². The van der Waals surface area contributed by atoms with Gasteiger partial charge in [0.1, 0.15) is 0 Å². The quantitative estimate of drug-likeness (QED) is 0.585. The zero-order valence-corrected chi connectivity index (χ0v) is 15.1. The van der Waals surface area contributed by atoms with E-state index in [-0.39, 0.29) is 24.7 Å². The molecule has 0 radical (unpaired) electrons. The molecule has 130 valence electrons. The number of hydrazone groups is 1. The fraction of sp³-hybridized carbons (Fsp3) is 0.167. The second kappa shape index (κ2) is 9.20. The number of benzene rings is 2. The summed E-state index contributed by atoms with van der Waals surface area (Å²) < 4.78 is 0. The van der Waals surface area contributed by atoms with Crippen molar-refractivity contribution in [2.45, 2.75) is 19.8 Å². The van der Waals surface area contributed by atoms with Gasteiger partial charge in [0.05, 0.1) is 6.21 Å². The first-order valence-electron chi connectivity index (χ1n) is 7.58. The minimum Gasteiger partial charge on any atom is -0.326 e. The summed E-state index contributed by atoms with van der Waals surface area (Å²) in [5, 5.41) is 7.78. The van der Waals surface area contributed by atoms with E-state index >= 15 is 0 Å². The van der Waals surface area contributed by atoms with Crippen molar-refractivity contribution in [2.75, 3.05) is 5.32 Å². The molecule has 0 bridgehead atoms. The van der Waals surface area contributed by atoms with Gasteiger partial charge in [-0.15, -0.1) is 0 Å². The molecule has 7 heteroatoms. The Hall–Kier alpha value is -2.37. The van der Waals surface area contributed by atoms with Crippen molar-refractivity contribution < 1.29 is 9.59 Å². The summed E-state index contributed by atoms with van der Waals surface area (Å²) in [4.78, 5) is 23.6. The summed E-state index contributed by atoms with van der Waals surface area (Å²) in [5.74, 6) is -0.606. The van der Waals surface area contributed by atoms with Crippen molar-refractivity contribution in [2.24, 2.45) is 5.10 Å². The molecule has 0 unspecified atom stereocenters. The number of carbonyl (C=O) groups is 2. The summed E-state index contributed by atoms with van der Waals surface area (Å²) in [6.45, 7) is 1.82. The second-order valence-corrected chi connectivity index (χ2v) is 6.15. The van der Waals surface area contributed by atoms with Gasteiger partial charge in [0.15, 0.2) is 0 Å². The molecule has 2 rings (SSSR count). The van der Waals surface area contributed by atoms with Crippen LogP contribution in [0.15, 0.2) is 47.6 Å². The molecule has 0 saturated carbocycles. The molecule has 0 aliphatic rings. The Balaban J connectivity index is 1.76. The van der Waals surface area contributed by atoms with Crippen molar-refractivity contribution in [1.29, 1.82) is 0 Å². The van der Waals surface area contributed by atoms with Gasteiger partial charge in [0.25, 0.3) is 0 Å². The molecule has 0 atom stereocenters. The highest BCUT2D eigenvalue weighted by Gasteiger charge is 2.09. The van der Waals surface area contributed by atoms with Crippen molar-refractivity contribution in [1.82, 2.24) is 5.43 Å². The van der Waals surface area contributed by atoms with Crippen LogP contribution in [0, 0.1) is 6.92 Å². The highest BCUT2D eigenvalue weighted by atomic mass is 35.5. The van der Waals surface area contributed by atoms with E-state index in [1.165, 1.54) is 6.21 Å². The minimum absolute atomic E-state index is 0.0312. The van der Waals surface area contributed by atoms with Gasteiger partial charge in [-0.2, -0.15) is 5.10 Å². The summed E-state index contributed by atoms with van der Waals surface area (Å²) in [6, 6.07) is 12.3. The zero-order valence-electron chi connectivity index (χ0n) is 13.6. The van der Waals surface area contributed by atoms with E-state index in [0.29, 0.717) is 15.7 Å². The Kier molecular flexibility index (Phi) is 6.98. The molecule has 0 saturated heterocycles. The van der Waals surface area contributed by atoms with E-state index in [2.05, 4.69) is 15.8 Å². The third-order valence-electron chi connectivity index (χ3n) is 3.39. The van der Waals surface area contributed by atoms with Crippen LogP contribution in [0.3, 0.4) is 0 Å². The summed E-state index contributed by atoms with van der Waals surface area (Å²) in [5.41, 5.74) is 4.61. The van der Waals surface area contributed by atoms with Crippen molar-refractivity contribution >= 4 is 46.9 Å². The number of carbonyl (C=O) groups excluding carboxylic acids is 2. The molecular weight excluding hydrogens is 361 g/mol. The number of anilines is 1. The third kappa shape index (κ3) is 6.21. The van der Waals surface area contributed by atoms with Crippen molar-refractivity contribution in [3.8, 4) is 0 Å². The molecule has 0 spiro atoms. The van der Waals surface area contributed by atoms with Gasteiger partial charge in [-0.3, -0.25) is 9.59 Å². The van der Waals surface area contributed by atoms with Crippen LogP contribution in [-0.2, 0) is 9.59 Å². The average Bonchev–Trinajstić information content (AvgIpc) is 2.59. The predicted octanol–water partition coefficient (Wildman–Crippen LogP) is 4.17. The topological polar surface area (TPSA) is 70.6 Å². The first kappa shape index (κ1) is 19.0. The van der Waals surface area contributed by atoms with E-state index in [1.807, 2.05) is 6.92 Å². The van der Waals surface area contributed by atoms with Crippen LogP contribution >= 0.6 is 23.2 Å². The number of halogens is 2. The lowest BCUT2D eigenvalue weighted by molar-refractivity contribution is -0.124. The van der Waals surface area contributed by atoms with Gasteiger partial charge < -0.3 is 5.32 Å². The third-order valence-corrected chi connectivity index (χ3v) is 4.06. The van der Waals surface area contributed by atoms with Crippen LogP contribution in [0.1, 0.15) is 24.0 Å². The average molecular weight is 378 g/mol. The maximum absolute atomic E-state index is 11.9. The van der Waals surface area contributed by atoms with Crippen LogP contribution in [0.2, 0.25) is 10.0 Å². The number of nitrogens with zero attached hydrogens (tertiary/aromatic N) is 1. The summed E-state index contributed by atoms with van der Waals surface area (Å²) in [6.07, 6.45) is 1.58. The van der Waals surface area contributed by atoms with Crippen LogP contribution in [0.5, 0.6) is 0 Å². The van der Waals surface area contributed by atoms with Crippen molar-refractivity contribution in [3.05, 3.63) is 63.6 Å². The Morgan fingerprint density at radius 1 is 1.04 bits per heavy atom. The van der Waals surface area contributed by atoms with Gasteiger partial charge in [-0.25, -0.2) is 5.43 Å².